The SMILES string of the molecule is Cc1ccccc1NC(=O)CCN1C(=S)N[C@@H](c2ccccn2)[C@H]1c1ccc(-c2cc(C(=O)O)cc(C(=O)O)c2)o1. The van der Waals surface area contributed by atoms with E-state index in [-0.39, 0.29) is 30.0 Å². The number of carboxylic acid groups (broad SMARTS) is 2. The largest absolute Gasteiger partial charge is 0.478 e. The number of carbonyl (C=O) groups excluding carboxylic acids is 1. The summed E-state index contributed by atoms with van der Waals surface area (Å²) in [6.07, 6.45) is 1.83. The van der Waals surface area contributed by atoms with E-state index in [9.17, 15) is 24.6 Å². The average Bonchev–Trinajstić information content (AvgIpc) is 3.58. The van der Waals surface area contributed by atoms with Gasteiger partial charge in [-0.25, -0.2) is 9.59 Å². The molecular weight excluding hydrogens is 544 g/mol. The van der Waals surface area contributed by atoms with E-state index >= 15 is 0 Å². The molecule has 0 aliphatic carbocycles. The molecule has 4 N–H and O–H groups in total. The molecular formula is C30H26N4O6S. The number of rotatable bonds is 9. The van der Waals surface area contributed by atoms with E-state index in [4.69, 9.17) is 16.6 Å². The molecule has 41 heavy (non-hydrogen) atoms. The van der Waals surface area contributed by atoms with Crippen LogP contribution in [-0.2, 0) is 4.79 Å². The molecule has 1 amide bonds. The van der Waals surface area contributed by atoms with Crippen LogP contribution >= 0.6 is 12.2 Å². The molecule has 208 valence electrons. The van der Waals surface area contributed by atoms with Gasteiger partial charge in [0.2, 0.25) is 5.91 Å². The van der Waals surface area contributed by atoms with Crippen LogP contribution in [0.25, 0.3) is 11.3 Å². The fourth-order valence-electron chi connectivity index (χ4n) is 4.79. The third kappa shape index (κ3) is 5.94. The first-order chi connectivity index (χ1) is 19.7. The van der Waals surface area contributed by atoms with Gasteiger partial charge in [0, 0.05) is 30.4 Å². The lowest BCUT2D eigenvalue weighted by atomic mass is 10.0. The van der Waals surface area contributed by atoms with Crippen molar-refractivity contribution in [1.29, 1.82) is 0 Å². The van der Waals surface area contributed by atoms with Crippen LogP contribution in [0.5, 0.6) is 0 Å². The number of benzene rings is 2. The highest BCUT2D eigenvalue weighted by Crippen LogP contribution is 2.40. The van der Waals surface area contributed by atoms with E-state index in [1.54, 1.807) is 24.4 Å². The van der Waals surface area contributed by atoms with E-state index in [1.807, 2.05) is 48.2 Å². The van der Waals surface area contributed by atoms with Gasteiger partial charge >= 0.3 is 11.9 Å². The molecule has 1 saturated heterocycles. The monoisotopic (exact) mass is 570 g/mol. The number of nitrogens with zero attached hydrogens (tertiary/aromatic N) is 2. The van der Waals surface area contributed by atoms with Crippen molar-refractivity contribution in [3.63, 3.8) is 0 Å². The van der Waals surface area contributed by atoms with Gasteiger partial charge in [0.25, 0.3) is 0 Å². The smallest absolute Gasteiger partial charge is 0.335 e. The maximum absolute atomic E-state index is 12.9. The minimum Gasteiger partial charge on any atom is -0.478 e. The Morgan fingerprint density at radius 2 is 1.71 bits per heavy atom. The number of carbonyl (C=O) groups is 3. The summed E-state index contributed by atoms with van der Waals surface area (Å²) in [4.78, 5) is 42.5. The average molecular weight is 571 g/mol. The number of aromatic carboxylic acids is 2. The van der Waals surface area contributed by atoms with Crippen molar-refractivity contribution in [2.45, 2.75) is 25.4 Å². The van der Waals surface area contributed by atoms with E-state index in [1.165, 1.54) is 12.1 Å². The molecule has 4 aromatic rings. The third-order valence-corrected chi connectivity index (χ3v) is 7.18. The van der Waals surface area contributed by atoms with Gasteiger partial charge in [-0.05, 0) is 73.2 Å². The second kappa shape index (κ2) is 11.6. The second-order valence-corrected chi connectivity index (χ2v) is 9.93. The molecule has 5 rings (SSSR count). The Labute approximate surface area is 240 Å². The summed E-state index contributed by atoms with van der Waals surface area (Å²) in [5, 5.41) is 25.6. The van der Waals surface area contributed by atoms with E-state index < -0.39 is 24.0 Å². The summed E-state index contributed by atoms with van der Waals surface area (Å²) in [5.41, 5.74) is 2.37. The maximum atomic E-state index is 12.9. The molecule has 1 aliphatic rings. The lowest BCUT2D eigenvalue weighted by molar-refractivity contribution is -0.116. The highest BCUT2D eigenvalue weighted by Gasteiger charge is 2.41. The fourth-order valence-corrected chi connectivity index (χ4v) is 5.12. The summed E-state index contributed by atoms with van der Waals surface area (Å²) in [6, 6.07) is 19.4. The molecule has 1 aliphatic heterocycles. The zero-order valence-corrected chi connectivity index (χ0v) is 22.7. The Morgan fingerprint density at radius 1 is 1.00 bits per heavy atom. The van der Waals surface area contributed by atoms with Crippen LogP contribution in [0.4, 0.5) is 5.69 Å². The quantitative estimate of drug-likeness (QED) is 0.202. The van der Waals surface area contributed by atoms with Crippen LogP contribution in [0.1, 0.15) is 56.2 Å². The minimum absolute atomic E-state index is 0.151. The van der Waals surface area contributed by atoms with Crippen molar-refractivity contribution < 1.29 is 29.0 Å². The number of anilines is 1. The third-order valence-electron chi connectivity index (χ3n) is 6.83. The number of aromatic nitrogens is 1. The summed E-state index contributed by atoms with van der Waals surface area (Å²) in [6.45, 7) is 2.20. The van der Waals surface area contributed by atoms with Gasteiger partial charge in [0.1, 0.15) is 17.6 Å². The molecule has 2 aromatic carbocycles. The first-order valence-electron chi connectivity index (χ1n) is 12.8. The zero-order chi connectivity index (χ0) is 29.1. The Bertz CT molecular complexity index is 1600. The first kappa shape index (κ1) is 27.5. The first-order valence-corrected chi connectivity index (χ1v) is 13.2. The number of hydrogen-bond donors (Lipinski definition) is 4. The summed E-state index contributed by atoms with van der Waals surface area (Å²) >= 11 is 5.67. The van der Waals surface area contributed by atoms with Crippen LogP contribution in [0.2, 0.25) is 0 Å². The van der Waals surface area contributed by atoms with Gasteiger partial charge in [-0.2, -0.15) is 0 Å². The van der Waals surface area contributed by atoms with Crippen LogP contribution in [-0.4, -0.2) is 49.6 Å². The Hall–Kier alpha value is -5.03. The number of pyridine rings is 1. The Kier molecular flexibility index (Phi) is 7.79. The fraction of sp³-hybridized carbons (Fsp3) is 0.167. The van der Waals surface area contributed by atoms with E-state index in [2.05, 4.69) is 15.6 Å². The molecule has 0 spiro atoms. The topological polar surface area (TPSA) is 145 Å². The molecule has 0 unspecified atom stereocenters. The molecule has 0 radical (unpaired) electrons. The van der Waals surface area contributed by atoms with Crippen molar-refractivity contribution in [3.05, 3.63) is 107 Å². The predicted molar refractivity (Wildman–Crippen MR) is 155 cm³/mol. The number of furan rings is 1. The molecule has 0 bridgehead atoms. The Morgan fingerprint density at radius 3 is 2.37 bits per heavy atom. The lowest BCUT2D eigenvalue weighted by Crippen LogP contribution is -2.32. The van der Waals surface area contributed by atoms with Gasteiger partial charge in [0.05, 0.1) is 22.9 Å². The summed E-state index contributed by atoms with van der Waals surface area (Å²) < 4.78 is 6.22. The normalized spacial score (nSPS) is 16.3. The number of aryl methyl sites for hydroxylation is 1. The lowest BCUT2D eigenvalue weighted by Gasteiger charge is -2.26. The maximum Gasteiger partial charge on any atom is 0.335 e. The van der Waals surface area contributed by atoms with Crippen molar-refractivity contribution >= 4 is 40.9 Å². The van der Waals surface area contributed by atoms with E-state index in [0.29, 0.717) is 27.9 Å². The van der Waals surface area contributed by atoms with Crippen LogP contribution in [0.3, 0.4) is 0 Å². The highest BCUT2D eigenvalue weighted by molar-refractivity contribution is 7.80. The molecule has 10 nitrogen and oxygen atoms in total. The highest BCUT2D eigenvalue weighted by atomic mass is 32.1. The molecule has 0 saturated carbocycles. The Balaban J connectivity index is 1.45. The second-order valence-electron chi connectivity index (χ2n) is 9.54. The number of nitrogens with one attached hydrogen (secondary N) is 2. The van der Waals surface area contributed by atoms with Crippen molar-refractivity contribution in [2.24, 2.45) is 0 Å². The van der Waals surface area contributed by atoms with E-state index in [0.717, 1.165) is 17.3 Å². The van der Waals surface area contributed by atoms with Gasteiger partial charge in [-0.3, -0.25) is 9.78 Å². The number of thiocarbonyl (C=S) groups is 1. The van der Waals surface area contributed by atoms with Crippen molar-refractivity contribution in [1.82, 2.24) is 15.2 Å². The van der Waals surface area contributed by atoms with Crippen molar-refractivity contribution in [2.75, 3.05) is 11.9 Å². The number of para-hydroxylation sites is 1. The standard InChI is InChI=1S/C30H26N4O6S/c1-17-6-2-3-7-21(17)32-25(35)11-13-34-27(26(33-30(34)41)22-8-4-5-12-31-22)24-10-9-23(40-24)18-14-19(28(36)37)16-20(15-18)29(38)39/h2-10,12,14-16,26-27H,11,13H2,1H3,(H,32,35)(H,33,41)(H,36,37)(H,38,39)/t26-,27+/m0/s1. The number of amides is 1. The van der Waals surface area contributed by atoms with Gasteiger partial charge < -0.3 is 30.2 Å². The van der Waals surface area contributed by atoms with Gasteiger partial charge in [-0.1, -0.05) is 24.3 Å². The number of carboxylic acids is 2. The van der Waals surface area contributed by atoms with Crippen molar-refractivity contribution in [3.8, 4) is 11.3 Å². The van der Waals surface area contributed by atoms with Crippen LogP contribution < -0.4 is 10.6 Å². The summed E-state index contributed by atoms with van der Waals surface area (Å²) in [7, 11) is 0. The zero-order valence-electron chi connectivity index (χ0n) is 21.9. The minimum atomic E-state index is -1.25. The summed E-state index contributed by atoms with van der Waals surface area (Å²) in [5.74, 6) is -1.90. The molecule has 2 aromatic heterocycles. The van der Waals surface area contributed by atoms with Crippen LogP contribution in [0, 0.1) is 6.92 Å². The van der Waals surface area contributed by atoms with Gasteiger partial charge in [0.15, 0.2) is 5.11 Å². The molecule has 1 fully saturated rings. The van der Waals surface area contributed by atoms with Gasteiger partial charge in [-0.15, -0.1) is 0 Å². The predicted octanol–water partition coefficient (Wildman–Crippen LogP) is 5.05. The molecule has 2 atom stereocenters. The molecule has 3 heterocycles. The number of hydrogen-bond acceptors (Lipinski definition) is 6. The van der Waals surface area contributed by atoms with Crippen LogP contribution in [0.15, 0.2) is 83.4 Å². The molecule has 11 heteroatoms.